The van der Waals surface area contributed by atoms with Gasteiger partial charge in [-0.25, -0.2) is 8.42 Å². The predicted molar refractivity (Wildman–Crippen MR) is 76.1 cm³/mol. The maximum absolute atomic E-state index is 11.7. The second-order valence-corrected chi connectivity index (χ2v) is 6.86. The monoisotopic (exact) mass is 286 g/mol. The Morgan fingerprint density at radius 2 is 2.05 bits per heavy atom. The molecule has 1 aromatic rings. The largest absolute Gasteiger partial charge is 0.492 e. The molecule has 2 unspecified atom stereocenters. The summed E-state index contributed by atoms with van der Waals surface area (Å²) in [6, 6.07) is 1.55. The number of hydrogen-bond acceptors (Lipinski definition) is 5. The van der Waals surface area contributed by atoms with Crippen molar-refractivity contribution in [3.05, 3.63) is 24.0 Å². The fraction of sp³-hybridized carbons (Fsp3) is 0.615. The number of aromatic nitrogens is 1. The average molecular weight is 286 g/mol. The number of hydrogen-bond donors (Lipinski definition) is 1. The molecule has 1 rings (SSSR count). The predicted octanol–water partition coefficient (Wildman–Crippen LogP) is 1.56. The summed E-state index contributed by atoms with van der Waals surface area (Å²) < 4.78 is 28.9. The molecule has 0 fully saturated rings. The van der Waals surface area contributed by atoms with Crippen LogP contribution < -0.4 is 10.1 Å². The second kappa shape index (κ2) is 6.86. The molecule has 0 radical (unpaired) electrons. The molecule has 2 atom stereocenters. The van der Waals surface area contributed by atoms with Gasteiger partial charge in [-0.05, 0) is 32.0 Å². The van der Waals surface area contributed by atoms with Crippen LogP contribution in [0.25, 0.3) is 0 Å². The average Bonchev–Trinajstić information content (AvgIpc) is 2.35. The molecule has 0 amide bonds. The lowest BCUT2D eigenvalue weighted by Gasteiger charge is -2.24. The molecule has 0 saturated heterocycles. The molecular formula is C13H22N2O3S. The van der Waals surface area contributed by atoms with Crippen LogP contribution in [0.5, 0.6) is 5.75 Å². The first kappa shape index (κ1) is 15.9. The molecule has 0 aliphatic rings. The van der Waals surface area contributed by atoms with Crippen LogP contribution in [0.2, 0.25) is 0 Å². The zero-order valence-electron chi connectivity index (χ0n) is 11.9. The highest BCUT2D eigenvalue weighted by molar-refractivity contribution is 7.91. The van der Waals surface area contributed by atoms with Crippen LogP contribution in [-0.2, 0) is 9.84 Å². The lowest BCUT2D eigenvalue weighted by Crippen LogP contribution is -2.35. The van der Waals surface area contributed by atoms with Crippen molar-refractivity contribution in [3.8, 4) is 5.75 Å². The van der Waals surface area contributed by atoms with E-state index in [1.165, 1.54) is 6.26 Å². The van der Waals surface area contributed by atoms with Gasteiger partial charge < -0.3 is 10.1 Å². The summed E-state index contributed by atoms with van der Waals surface area (Å²) in [4.78, 5) is 4.11. The van der Waals surface area contributed by atoms with E-state index in [0.29, 0.717) is 18.9 Å². The molecular weight excluding hydrogens is 264 g/mol. The summed E-state index contributed by atoms with van der Waals surface area (Å²) in [7, 11) is -3.13. The second-order valence-electron chi connectivity index (χ2n) is 4.46. The molecule has 0 aromatic carbocycles. The first-order valence-electron chi connectivity index (χ1n) is 6.40. The zero-order chi connectivity index (χ0) is 14.5. The fourth-order valence-electron chi connectivity index (χ4n) is 1.87. The Labute approximate surface area is 115 Å². The van der Waals surface area contributed by atoms with Crippen LogP contribution in [0.15, 0.2) is 18.5 Å². The third-order valence-corrected chi connectivity index (χ3v) is 4.60. The molecule has 6 heteroatoms. The van der Waals surface area contributed by atoms with Gasteiger partial charge in [0.2, 0.25) is 0 Å². The number of rotatable bonds is 7. The van der Waals surface area contributed by atoms with Gasteiger partial charge in [0.15, 0.2) is 9.84 Å². The summed E-state index contributed by atoms with van der Waals surface area (Å²) in [5, 5.41) is 2.68. The molecule has 0 saturated carbocycles. The lowest BCUT2D eigenvalue weighted by atomic mass is 10.1. The fourth-order valence-corrected chi connectivity index (χ4v) is 2.62. The molecule has 5 nitrogen and oxygen atoms in total. The van der Waals surface area contributed by atoms with Crippen molar-refractivity contribution >= 4 is 9.84 Å². The third kappa shape index (κ3) is 4.47. The van der Waals surface area contributed by atoms with Crippen molar-refractivity contribution in [2.45, 2.75) is 32.1 Å². The quantitative estimate of drug-likeness (QED) is 0.824. The molecule has 0 bridgehead atoms. The Balaban J connectivity index is 3.08. The van der Waals surface area contributed by atoms with Crippen molar-refractivity contribution in [2.24, 2.45) is 0 Å². The van der Waals surface area contributed by atoms with Gasteiger partial charge in [-0.3, -0.25) is 4.98 Å². The summed E-state index contributed by atoms with van der Waals surface area (Å²) in [5.41, 5.74) is 0.825. The number of sulfone groups is 1. The minimum absolute atomic E-state index is 0.284. The van der Waals surface area contributed by atoms with E-state index in [4.69, 9.17) is 4.74 Å². The van der Waals surface area contributed by atoms with Crippen molar-refractivity contribution in [2.75, 3.05) is 19.4 Å². The SMILES string of the molecule is CCNC(c1cncc(OCC)c1)C(C)S(C)(=O)=O. The highest BCUT2D eigenvalue weighted by Crippen LogP contribution is 2.24. The summed E-state index contributed by atoms with van der Waals surface area (Å²) in [6.07, 6.45) is 4.56. The molecule has 0 aliphatic heterocycles. The van der Waals surface area contributed by atoms with Crippen molar-refractivity contribution < 1.29 is 13.2 Å². The van der Waals surface area contributed by atoms with E-state index in [0.717, 1.165) is 5.56 Å². The van der Waals surface area contributed by atoms with E-state index >= 15 is 0 Å². The first-order valence-corrected chi connectivity index (χ1v) is 8.35. The zero-order valence-corrected chi connectivity index (χ0v) is 12.7. The van der Waals surface area contributed by atoms with Crippen LogP contribution in [0, 0.1) is 0 Å². The van der Waals surface area contributed by atoms with Gasteiger partial charge in [-0.15, -0.1) is 0 Å². The molecule has 1 aromatic heterocycles. The number of nitrogens with one attached hydrogen (secondary N) is 1. The number of ether oxygens (including phenoxy) is 1. The van der Waals surface area contributed by atoms with Crippen molar-refractivity contribution in [1.82, 2.24) is 10.3 Å². The highest BCUT2D eigenvalue weighted by Gasteiger charge is 2.27. The summed E-state index contributed by atoms with van der Waals surface area (Å²) in [5.74, 6) is 0.656. The van der Waals surface area contributed by atoms with Crippen LogP contribution in [-0.4, -0.2) is 38.1 Å². The van der Waals surface area contributed by atoms with E-state index < -0.39 is 15.1 Å². The van der Waals surface area contributed by atoms with E-state index in [-0.39, 0.29) is 6.04 Å². The van der Waals surface area contributed by atoms with E-state index in [9.17, 15) is 8.42 Å². The van der Waals surface area contributed by atoms with Gasteiger partial charge in [0.1, 0.15) is 5.75 Å². The topological polar surface area (TPSA) is 68.3 Å². The van der Waals surface area contributed by atoms with Crippen LogP contribution >= 0.6 is 0 Å². The standard InChI is InChI=1S/C13H22N2O3S/c1-5-15-13(10(3)19(4,16)17)11-7-12(18-6-2)9-14-8-11/h7-10,13,15H,5-6H2,1-4H3. The Morgan fingerprint density at radius 1 is 1.37 bits per heavy atom. The van der Waals surface area contributed by atoms with E-state index in [2.05, 4.69) is 10.3 Å². The van der Waals surface area contributed by atoms with Gasteiger partial charge in [0, 0.05) is 12.5 Å². The van der Waals surface area contributed by atoms with Gasteiger partial charge in [0.25, 0.3) is 0 Å². The normalized spacial score (nSPS) is 14.9. The van der Waals surface area contributed by atoms with Crippen molar-refractivity contribution in [3.63, 3.8) is 0 Å². The minimum Gasteiger partial charge on any atom is -0.492 e. The van der Waals surface area contributed by atoms with E-state index in [1.54, 1.807) is 19.3 Å². The van der Waals surface area contributed by atoms with Crippen LogP contribution in [0.4, 0.5) is 0 Å². The molecule has 19 heavy (non-hydrogen) atoms. The van der Waals surface area contributed by atoms with Crippen LogP contribution in [0.3, 0.4) is 0 Å². The van der Waals surface area contributed by atoms with Crippen molar-refractivity contribution in [1.29, 1.82) is 0 Å². The summed E-state index contributed by atoms with van der Waals surface area (Å²) >= 11 is 0. The van der Waals surface area contributed by atoms with E-state index in [1.807, 2.05) is 19.9 Å². The van der Waals surface area contributed by atoms with Gasteiger partial charge >= 0.3 is 0 Å². The third-order valence-electron chi connectivity index (χ3n) is 2.97. The molecule has 0 spiro atoms. The highest BCUT2D eigenvalue weighted by atomic mass is 32.2. The summed E-state index contributed by atoms with van der Waals surface area (Å²) in [6.45, 7) is 6.79. The Hall–Kier alpha value is -1.14. The molecule has 108 valence electrons. The molecule has 1 heterocycles. The van der Waals surface area contributed by atoms with Gasteiger partial charge in [0.05, 0.1) is 24.1 Å². The maximum atomic E-state index is 11.7. The van der Waals surface area contributed by atoms with Gasteiger partial charge in [-0.2, -0.15) is 0 Å². The molecule has 1 N–H and O–H groups in total. The molecule has 0 aliphatic carbocycles. The Kier molecular flexibility index (Phi) is 5.75. The number of nitrogens with zero attached hydrogens (tertiary/aromatic N) is 1. The van der Waals surface area contributed by atoms with Crippen LogP contribution in [0.1, 0.15) is 32.4 Å². The maximum Gasteiger partial charge on any atom is 0.151 e. The Bertz CT molecular complexity index is 502. The Morgan fingerprint density at radius 3 is 2.58 bits per heavy atom. The lowest BCUT2D eigenvalue weighted by molar-refractivity contribution is 0.337. The van der Waals surface area contributed by atoms with Gasteiger partial charge in [-0.1, -0.05) is 6.92 Å². The smallest absolute Gasteiger partial charge is 0.151 e. The first-order chi connectivity index (χ1) is 8.90. The number of pyridine rings is 1. The minimum atomic E-state index is -3.13.